The molecular formula is C20H22N2O5. The Balaban J connectivity index is 1.78. The minimum Gasteiger partial charge on any atom is -0.482 e. The van der Waals surface area contributed by atoms with Crippen LogP contribution in [-0.4, -0.2) is 56.0 Å². The molecule has 0 fully saturated rings. The van der Waals surface area contributed by atoms with Gasteiger partial charge in [0.25, 0.3) is 11.8 Å². The maximum absolute atomic E-state index is 11.9. The van der Waals surface area contributed by atoms with Crippen molar-refractivity contribution in [3.8, 4) is 18.1 Å². The molecule has 1 N–H and O–H groups in total. The molecule has 7 heteroatoms. The monoisotopic (exact) mass is 370 g/mol. The second kappa shape index (κ2) is 10.8. The molecule has 0 atom stereocenters. The molecule has 2 aromatic rings. The molecule has 1 heterocycles. The van der Waals surface area contributed by atoms with Crippen molar-refractivity contribution in [2.75, 3.05) is 39.6 Å². The number of ether oxygens (including phenoxy) is 3. The number of benzene rings is 1. The van der Waals surface area contributed by atoms with E-state index in [1.165, 1.54) is 10.6 Å². The summed E-state index contributed by atoms with van der Waals surface area (Å²) in [6.07, 6.45) is 7.92. The number of hydrogen-bond donors (Lipinski definition) is 1. The fourth-order valence-corrected chi connectivity index (χ4v) is 2.37. The van der Waals surface area contributed by atoms with Crippen molar-refractivity contribution in [3.63, 3.8) is 0 Å². The van der Waals surface area contributed by atoms with E-state index in [4.69, 9.17) is 20.6 Å². The van der Waals surface area contributed by atoms with Gasteiger partial charge in [-0.25, -0.2) is 0 Å². The molecular weight excluding hydrogens is 348 g/mol. The van der Waals surface area contributed by atoms with Gasteiger partial charge >= 0.3 is 0 Å². The number of carbonyl (C=O) groups is 2. The first-order valence-electron chi connectivity index (χ1n) is 8.42. The number of aromatic nitrogens is 1. The second-order valence-electron chi connectivity index (χ2n) is 5.43. The van der Waals surface area contributed by atoms with Crippen molar-refractivity contribution in [3.05, 3.63) is 43.1 Å². The Hall–Kier alpha value is -3.08. The summed E-state index contributed by atoms with van der Waals surface area (Å²) in [7, 11) is 0. The Morgan fingerprint density at radius 2 is 2.04 bits per heavy atom. The molecule has 1 aromatic carbocycles. The van der Waals surface area contributed by atoms with E-state index in [1.807, 2.05) is 6.07 Å². The first kappa shape index (κ1) is 20.2. The van der Waals surface area contributed by atoms with Crippen molar-refractivity contribution in [2.24, 2.45) is 0 Å². The molecule has 0 bridgehead atoms. The summed E-state index contributed by atoms with van der Waals surface area (Å²) in [6, 6.07) is 7.17. The lowest BCUT2D eigenvalue weighted by Crippen LogP contribution is -2.32. The zero-order chi connectivity index (χ0) is 19.5. The molecule has 0 saturated carbocycles. The predicted octanol–water partition coefficient (Wildman–Crippen LogP) is 1.63. The van der Waals surface area contributed by atoms with Crippen LogP contribution in [-0.2, 0) is 14.3 Å². The molecule has 2 rings (SSSR count). The van der Waals surface area contributed by atoms with E-state index in [2.05, 4.69) is 17.8 Å². The summed E-state index contributed by atoms with van der Waals surface area (Å²) in [5.41, 5.74) is 0.602. The van der Waals surface area contributed by atoms with E-state index in [9.17, 15) is 9.59 Å². The Labute approximate surface area is 157 Å². The smallest absolute Gasteiger partial charge is 0.258 e. The fraction of sp³-hybridized carbons (Fsp3) is 0.300. The summed E-state index contributed by atoms with van der Waals surface area (Å²) in [5.74, 6) is 2.26. The normalized spacial score (nSPS) is 10.3. The molecule has 0 spiro atoms. The van der Waals surface area contributed by atoms with Gasteiger partial charge in [0.05, 0.1) is 25.3 Å². The molecule has 0 unspecified atom stereocenters. The van der Waals surface area contributed by atoms with Crippen LogP contribution in [0.2, 0.25) is 0 Å². The van der Waals surface area contributed by atoms with Gasteiger partial charge in [0.15, 0.2) is 6.61 Å². The zero-order valence-corrected chi connectivity index (χ0v) is 15.0. The van der Waals surface area contributed by atoms with Crippen molar-refractivity contribution in [2.45, 2.75) is 0 Å². The molecule has 1 amide bonds. The highest BCUT2D eigenvalue weighted by atomic mass is 16.5. The first-order valence-corrected chi connectivity index (χ1v) is 8.42. The summed E-state index contributed by atoms with van der Waals surface area (Å²) in [6.45, 7) is 5.11. The van der Waals surface area contributed by atoms with Gasteiger partial charge in [0.2, 0.25) is 0 Å². The number of rotatable bonds is 11. The fourth-order valence-electron chi connectivity index (χ4n) is 2.37. The molecule has 27 heavy (non-hydrogen) atoms. The first-order chi connectivity index (χ1) is 13.2. The third kappa shape index (κ3) is 5.99. The molecule has 0 aliphatic heterocycles. The quantitative estimate of drug-likeness (QED) is 0.370. The van der Waals surface area contributed by atoms with Gasteiger partial charge in [-0.2, -0.15) is 0 Å². The van der Waals surface area contributed by atoms with Crippen molar-refractivity contribution in [1.29, 1.82) is 0 Å². The lowest BCUT2D eigenvalue weighted by Gasteiger charge is -2.10. The van der Waals surface area contributed by atoms with E-state index in [0.29, 0.717) is 37.6 Å². The lowest BCUT2D eigenvalue weighted by atomic mass is 10.2. The van der Waals surface area contributed by atoms with Crippen LogP contribution in [0.3, 0.4) is 0 Å². The van der Waals surface area contributed by atoms with Crippen LogP contribution in [0.5, 0.6) is 5.75 Å². The van der Waals surface area contributed by atoms with Crippen molar-refractivity contribution < 1.29 is 23.8 Å². The van der Waals surface area contributed by atoms with Gasteiger partial charge in [-0.3, -0.25) is 14.2 Å². The van der Waals surface area contributed by atoms with Crippen LogP contribution in [0.25, 0.3) is 10.9 Å². The average molecular weight is 370 g/mol. The van der Waals surface area contributed by atoms with Gasteiger partial charge in [-0.15, -0.1) is 6.42 Å². The van der Waals surface area contributed by atoms with E-state index >= 15 is 0 Å². The number of hydrogen-bond acceptors (Lipinski definition) is 5. The van der Waals surface area contributed by atoms with E-state index < -0.39 is 0 Å². The average Bonchev–Trinajstić information content (AvgIpc) is 3.12. The third-order valence-electron chi connectivity index (χ3n) is 3.57. The third-order valence-corrected chi connectivity index (χ3v) is 3.57. The van der Waals surface area contributed by atoms with Crippen LogP contribution in [0.15, 0.2) is 43.1 Å². The standard InChI is InChI=1S/C20H22N2O5/c1-3-11-25-13-14-26-12-9-21-18(23)15-27-17-7-5-6-16-8-10-22(20(16)17)19(24)4-2/h1,4-8,10H,2,9,11-15H2,(H,21,23). The summed E-state index contributed by atoms with van der Waals surface area (Å²) < 4.78 is 17.4. The topological polar surface area (TPSA) is 78.8 Å². The largest absolute Gasteiger partial charge is 0.482 e. The molecule has 0 radical (unpaired) electrons. The van der Waals surface area contributed by atoms with Gasteiger partial charge in [0, 0.05) is 18.1 Å². The summed E-state index contributed by atoms with van der Waals surface area (Å²) in [5, 5.41) is 3.53. The molecule has 1 aromatic heterocycles. The van der Waals surface area contributed by atoms with Gasteiger partial charge < -0.3 is 19.5 Å². The van der Waals surface area contributed by atoms with Crippen LogP contribution in [0.1, 0.15) is 4.79 Å². The van der Waals surface area contributed by atoms with E-state index in [1.54, 1.807) is 24.4 Å². The van der Waals surface area contributed by atoms with Crippen LogP contribution in [0, 0.1) is 12.3 Å². The van der Waals surface area contributed by atoms with E-state index in [-0.39, 0.29) is 25.0 Å². The molecule has 7 nitrogen and oxygen atoms in total. The highest BCUT2D eigenvalue weighted by Gasteiger charge is 2.12. The maximum Gasteiger partial charge on any atom is 0.258 e. The number of nitrogens with zero attached hydrogens (tertiary/aromatic N) is 1. The summed E-state index contributed by atoms with van der Waals surface area (Å²) >= 11 is 0. The Kier molecular flexibility index (Phi) is 8.10. The predicted molar refractivity (Wildman–Crippen MR) is 102 cm³/mol. The zero-order valence-electron chi connectivity index (χ0n) is 15.0. The minimum absolute atomic E-state index is 0.169. The van der Waals surface area contributed by atoms with Gasteiger partial charge in [0.1, 0.15) is 12.4 Å². The maximum atomic E-state index is 11.9. The molecule has 142 valence electrons. The van der Waals surface area contributed by atoms with Crippen molar-refractivity contribution >= 4 is 22.7 Å². The highest BCUT2D eigenvalue weighted by molar-refractivity contribution is 6.00. The number of carbonyl (C=O) groups excluding carboxylic acids is 2. The van der Waals surface area contributed by atoms with Gasteiger partial charge in [-0.05, 0) is 18.2 Å². The SMILES string of the molecule is C#CCOCCOCCNC(=O)COc1cccc2ccn(C(=O)C=C)c12. The summed E-state index contributed by atoms with van der Waals surface area (Å²) in [4.78, 5) is 23.9. The van der Waals surface area contributed by atoms with Crippen LogP contribution in [0.4, 0.5) is 0 Å². The van der Waals surface area contributed by atoms with Crippen LogP contribution >= 0.6 is 0 Å². The number of allylic oxidation sites excluding steroid dienone is 1. The Morgan fingerprint density at radius 3 is 2.81 bits per heavy atom. The number of para-hydroxylation sites is 1. The Morgan fingerprint density at radius 1 is 1.22 bits per heavy atom. The van der Waals surface area contributed by atoms with Gasteiger partial charge in [-0.1, -0.05) is 24.6 Å². The Bertz CT molecular complexity index is 834. The number of amides is 1. The molecule has 0 aliphatic rings. The number of fused-ring (bicyclic) bond motifs is 1. The highest BCUT2D eigenvalue weighted by Crippen LogP contribution is 2.26. The molecule has 0 aliphatic carbocycles. The number of nitrogens with one attached hydrogen (secondary N) is 1. The minimum atomic E-state index is -0.285. The number of terminal acetylenes is 1. The lowest BCUT2D eigenvalue weighted by molar-refractivity contribution is -0.123. The van der Waals surface area contributed by atoms with Crippen LogP contribution < -0.4 is 10.1 Å². The van der Waals surface area contributed by atoms with Crippen molar-refractivity contribution in [1.82, 2.24) is 9.88 Å². The molecule has 0 saturated heterocycles. The van der Waals surface area contributed by atoms with E-state index in [0.717, 1.165) is 5.39 Å². The second-order valence-corrected chi connectivity index (χ2v) is 5.43.